The number of rotatable bonds is 4. The molecule has 0 saturated heterocycles. The number of ether oxygens (including phenoxy) is 2. The van der Waals surface area contributed by atoms with Gasteiger partial charge in [-0.15, -0.1) is 0 Å². The van der Waals surface area contributed by atoms with Gasteiger partial charge in [0, 0.05) is 10.0 Å². The first kappa shape index (κ1) is 18.7. The van der Waals surface area contributed by atoms with Gasteiger partial charge in [0.25, 0.3) is 0 Å². The minimum atomic E-state index is -0.593. The Labute approximate surface area is 170 Å². The number of phenols is 1. The van der Waals surface area contributed by atoms with Crippen molar-refractivity contribution in [3.05, 3.63) is 51.5 Å². The fraction of sp³-hybridized carbons (Fsp3) is 0.278. The lowest BCUT2D eigenvalue weighted by molar-refractivity contribution is 0.0987. The van der Waals surface area contributed by atoms with Gasteiger partial charge in [0.2, 0.25) is 0 Å². The molecule has 4 nitrogen and oxygen atoms in total. The first-order chi connectivity index (χ1) is 11.9. The molecule has 0 radical (unpaired) electrons. The molecule has 0 saturated carbocycles. The zero-order valence-electron chi connectivity index (χ0n) is 13.3. The lowest BCUT2D eigenvalue weighted by Gasteiger charge is -2.25. The molecule has 2 aromatic carbocycles. The molecule has 0 aromatic heterocycles. The van der Waals surface area contributed by atoms with Crippen molar-refractivity contribution in [3.63, 3.8) is 0 Å². The van der Waals surface area contributed by atoms with Gasteiger partial charge in [-0.1, -0.05) is 59.4 Å². The minimum Gasteiger partial charge on any atom is -0.507 e. The predicted molar refractivity (Wildman–Crippen MR) is 107 cm³/mol. The van der Waals surface area contributed by atoms with Crippen LogP contribution in [0.4, 0.5) is 0 Å². The summed E-state index contributed by atoms with van der Waals surface area (Å²) in [6, 6.07) is 8.71. The normalized spacial score (nSPS) is 15.5. The van der Waals surface area contributed by atoms with Crippen molar-refractivity contribution in [2.75, 3.05) is 13.2 Å². The van der Waals surface area contributed by atoms with Crippen LogP contribution in [-0.2, 0) is 0 Å². The molecule has 2 atom stereocenters. The predicted octanol–water partition coefficient (Wildman–Crippen LogP) is 5.32. The Morgan fingerprint density at radius 3 is 2.64 bits per heavy atom. The number of Topliss-reactive ketones (excluding diaryl/α,β-unsaturated/α-hetero) is 1. The number of alkyl halides is 2. The van der Waals surface area contributed by atoms with Crippen molar-refractivity contribution in [2.45, 2.75) is 16.6 Å². The molecule has 132 valence electrons. The first-order valence-electron chi connectivity index (χ1n) is 7.59. The number of carbonyl (C=O) groups excluding carboxylic acids is 1. The van der Waals surface area contributed by atoms with Crippen LogP contribution in [0.1, 0.15) is 26.3 Å². The molecule has 1 aliphatic heterocycles. The second-order valence-electron chi connectivity index (χ2n) is 5.71. The molecule has 1 N–H and O–H groups in total. The second-order valence-corrected chi connectivity index (χ2v) is 8.60. The van der Waals surface area contributed by atoms with Crippen LogP contribution in [0.3, 0.4) is 0 Å². The summed E-state index contributed by atoms with van der Waals surface area (Å²) in [5.41, 5.74) is 1.99. The van der Waals surface area contributed by atoms with Crippen LogP contribution in [0.5, 0.6) is 17.2 Å². The highest BCUT2D eigenvalue weighted by Gasteiger charge is 2.32. The molecule has 3 rings (SSSR count). The molecule has 25 heavy (non-hydrogen) atoms. The Morgan fingerprint density at radius 1 is 1.16 bits per heavy atom. The van der Waals surface area contributed by atoms with Crippen LogP contribution >= 0.6 is 47.8 Å². The minimum absolute atomic E-state index is 0.0318. The highest BCUT2D eigenvalue weighted by Crippen LogP contribution is 2.45. The lowest BCUT2D eigenvalue weighted by atomic mass is 9.99. The number of carbonyl (C=O) groups is 1. The number of aromatic hydroxyl groups is 1. The van der Waals surface area contributed by atoms with E-state index in [1.807, 2.05) is 19.1 Å². The highest BCUT2D eigenvalue weighted by atomic mass is 79.9. The van der Waals surface area contributed by atoms with Gasteiger partial charge < -0.3 is 14.6 Å². The van der Waals surface area contributed by atoms with Gasteiger partial charge in [0.1, 0.15) is 19.0 Å². The number of halogens is 3. The van der Waals surface area contributed by atoms with E-state index in [9.17, 15) is 9.90 Å². The van der Waals surface area contributed by atoms with Gasteiger partial charge in [-0.3, -0.25) is 4.79 Å². The molecular weight excluding hydrogens is 520 g/mol. The summed E-state index contributed by atoms with van der Waals surface area (Å²) in [6.45, 7) is 2.82. The summed E-state index contributed by atoms with van der Waals surface area (Å²) in [5.74, 6) is 1.02. The molecule has 2 unspecified atom stereocenters. The number of hydrogen-bond acceptors (Lipinski definition) is 4. The van der Waals surface area contributed by atoms with Gasteiger partial charge in [-0.05, 0) is 31.2 Å². The van der Waals surface area contributed by atoms with E-state index in [2.05, 4.69) is 47.8 Å². The van der Waals surface area contributed by atoms with Crippen LogP contribution in [0.2, 0.25) is 0 Å². The van der Waals surface area contributed by atoms with E-state index < -0.39 is 4.83 Å². The topological polar surface area (TPSA) is 55.8 Å². The maximum absolute atomic E-state index is 12.9. The number of fused-ring (bicyclic) bond motifs is 1. The molecule has 0 spiro atoms. The van der Waals surface area contributed by atoms with Crippen molar-refractivity contribution in [1.82, 2.24) is 0 Å². The van der Waals surface area contributed by atoms with Crippen LogP contribution in [-0.4, -0.2) is 28.9 Å². The Bertz CT molecular complexity index is 822. The SMILES string of the molecule is Cc1ccc(O)c(C(=O)C(Br)C(Br)c2cc(Br)cc3c2OCCO3)c1. The smallest absolute Gasteiger partial charge is 0.181 e. The summed E-state index contributed by atoms with van der Waals surface area (Å²) in [6.07, 6.45) is 0. The summed E-state index contributed by atoms with van der Waals surface area (Å²) in [4.78, 5) is 11.9. The van der Waals surface area contributed by atoms with E-state index in [4.69, 9.17) is 9.47 Å². The third-order valence-corrected chi connectivity index (χ3v) is 6.99. The average molecular weight is 535 g/mol. The van der Waals surface area contributed by atoms with Crippen molar-refractivity contribution in [3.8, 4) is 17.2 Å². The van der Waals surface area contributed by atoms with E-state index in [1.54, 1.807) is 12.1 Å². The van der Waals surface area contributed by atoms with Gasteiger partial charge in [0.05, 0.1) is 15.2 Å². The maximum atomic E-state index is 12.9. The van der Waals surface area contributed by atoms with E-state index in [1.165, 1.54) is 6.07 Å². The molecule has 1 heterocycles. The van der Waals surface area contributed by atoms with Gasteiger partial charge in [0.15, 0.2) is 17.3 Å². The first-order valence-corrected chi connectivity index (χ1v) is 10.2. The van der Waals surface area contributed by atoms with Crippen molar-refractivity contribution < 1.29 is 19.4 Å². The Hall–Kier alpha value is -1.05. The van der Waals surface area contributed by atoms with E-state index >= 15 is 0 Å². The molecule has 0 amide bonds. The van der Waals surface area contributed by atoms with Crippen LogP contribution in [0.25, 0.3) is 0 Å². The number of ketones is 1. The molecule has 2 aromatic rings. The zero-order valence-corrected chi connectivity index (χ0v) is 18.0. The fourth-order valence-corrected chi connectivity index (χ4v) is 4.20. The van der Waals surface area contributed by atoms with Crippen molar-refractivity contribution in [1.29, 1.82) is 0 Å². The van der Waals surface area contributed by atoms with E-state index in [0.717, 1.165) is 15.6 Å². The Kier molecular flexibility index (Phi) is 5.75. The Morgan fingerprint density at radius 2 is 1.88 bits per heavy atom. The standard InChI is InChI=1S/C18H15Br3O4/c1-9-2-3-13(22)11(6-9)17(23)16(21)15(20)12-7-10(19)8-14-18(12)25-5-4-24-14/h2-3,6-8,15-16,22H,4-5H2,1H3. The summed E-state index contributed by atoms with van der Waals surface area (Å²) < 4.78 is 12.2. The number of aryl methyl sites for hydroxylation is 1. The van der Waals surface area contributed by atoms with Crippen molar-refractivity contribution >= 4 is 53.6 Å². The molecule has 0 bridgehead atoms. The van der Waals surface area contributed by atoms with Crippen LogP contribution < -0.4 is 9.47 Å². The third-order valence-electron chi connectivity index (χ3n) is 3.86. The third kappa shape index (κ3) is 3.88. The fourth-order valence-electron chi connectivity index (χ4n) is 2.64. The number of benzene rings is 2. The van der Waals surface area contributed by atoms with Gasteiger partial charge in [-0.2, -0.15) is 0 Å². The highest BCUT2D eigenvalue weighted by molar-refractivity contribution is 9.12. The lowest BCUT2D eigenvalue weighted by Crippen LogP contribution is -2.22. The molecular formula is C18H15Br3O4. The number of phenolic OH excluding ortho intramolecular Hbond substituents is 1. The van der Waals surface area contributed by atoms with E-state index in [0.29, 0.717) is 24.7 Å². The van der Waals surface area contributed by atoms with Gasteiger partial charge >= 0.3 is 0 Å². The van der Waals surface area contributed by atoms with E-state index in [-0.39, 0.29) is 21.9 Å². The monoisotopic (exact) mass is 532 g/mol. The second kappa shape index (κ2) is 7.68. The number of hydrogen-bond donors (Lipinski definition) is 1. The molecule has 7 heteroatoms. The zero-order chi connectivity index (χ0) is 18.1. The summed E-state index contributed by atoms with van der Waals surface area (Å²) in [7, 11) is 0. The molecule has 0 aliphatic carbocycles. The summed E-state index contributed by atoms with van der Waals surface area (Å²) in [5, 5.41) is 10.0. The average Bonchev–Trinajstić information content (AvgIpc) is 2.61. The largest absolute Gasteiger partial charge is 0.507 e. The molecule has 1 aliphatic rings. The van der Waals surface area contributed by atoms with Crippen LogP contribution in [0, 0.1) is 6.92 Å². The molecule has 0 fully saturated rings. The van der Waals surface area contributed by atoms with Gasteiger partial charge in [-0.25, -0.2) is 0 Å². The summed E-state index contributed by atoms with van der Waals surface area (Å²) >= 11 is 10.5. The van der Waals surface area contributed by atoms with Crippen LogP contribution in [0.15, 0.2) is 34.8 Å². The quantitative estimate of drug-likeness (QED) is 0.426. The van der Waals surface area contributed by atoms with Crippen molar-refractivity contribution in [2.24, 2.45) is 0 Å². The Balaban J connectivity index is 1.95. The maximum Gasteiger partial charge on any atom is 0.181 e.